The van der Waals surface area contributed by atoms with E-state index in [0.29, 0.717) is 11.1 Å². The number of allylic oxidation sites excluding steroid dienone is 4. The highest BCUT2D eigenvalue weighted by atomic mass is 16.6. The Kier molecular flexibility index (Phi) is 11.4. The second-order valence-electron chi connectivity index (χ2n) is 8.37. The number of aliphatic hydroxyl groups is 2. The largest absolute Gasteiger partial charge is 0.455 e. The molecule has 3 atom stereocenters. The molecule has 0 aromatic carbocycles. The first-order valence-corrected chi connectivity index (χ1v) is 10.3. The standard InChI is InChI=1S/C25H38O6/c1-10-18(5)22(26)30-20(16-17(4)14-13-15-25(9,29)12-3)21(24(7,8)28)31-23(27)19(6)11-2/h10-15,20-21,28-29H,3,16H2,1-2,4-9H3/b15-13+,17-14+,18-10+,19-11+/t20-,21+,25-/m0/s1. The molecule has 0 saturated carbocycles. The minimum absolute atomic E-state index is 0.208. The summed E-state index contributed by atoms with van der Waals surface area (Å²) in [7, 11) is 0. The van der Waals surface area contributed by atoms with Gasteiger partial charge < -0.3 is 19.7 Å². The van der Waals surface area contributed by atoms with E-state index in [-0.39, 0.29) is 6.42 Å². The molecule has 2 N–H and O–H groups in total. The van der Waals surface area contributed by atoms with Crippen molar-refractivity contribution in [3.8, 4) is 0 Å². The van der Waals surface area contributed by atoms with Gasteiger partial charge in [0.15, 0.2) is 6.10 Å². The number of ether oxygens (including phenoxy) is 2. The fourth-order valence-corrected chi connectivity index (χ4v) is 2.42. The van der Waals surface area contributed by atoms with Gasteiger partial charge >= 0.3 is 11.9 Å². The third-order valence-electron chi connectivity index (χ3n) is 4.79. The van der Waals surface area contributed by atoms with Crippen LogP contribution in [0, 0.1) is 0 Å². The molecule has 0 rings (SSSR count). The molecule has 0 radical (unpaired) electrons. The molecule has 0 aromatic heterocycles. The van der Waals surface area contributed by atoms with Gasteiger partial charge in [-0.05, 0) is 61.5 Å². The summed E-state index contributed by atoms with van der Waals surface area (Å²) in [6, 6.07) is 0. The molecular formula is C25H38O6. The lowest BCUT2D eigenvalue weighted by Gasteiger charge is -2.35. The summed E-state index contributed by atoms with van der Waals surface area (Å²) in [5.41, 5.74) is -1.05. The van der Waals surface area contributed by atoms with Crippen molar-refractivity contribution in [2.24, 2.45) is 0 Å². The van der Waals surface area contributed by atoms with Crippen LogP contribution in [0.4, 0.5) is 0 Å². The van der Waals surface area contributed by atoms with E-state index in [9.17, 15) is 19.8 Å². The number of hydrogen-bond acceptors (Lipinski definition) is 6. The number of hydrogen-bond donors (Lipinski definition) is 2. The van der Waals surface area contributed by atoms with Crippen LogP contribution in [0.5, 0.6) is 0 Å². The Morgan fingerprint density at radius 3 is 1.87 bits per heavy atom. The van der Waals surface area contributed by atoms with Crippen molar-refractivity contribution in [3.63, 3.8) is 0 Å². The Labute approximate surface area is 186 Å². The van der Waals surface area contributed by atoms with Gasteiger partial charge in [-0.15, -0.1) is 0 Å². The van der Waals surface area contributed by atoms with Crippen LogP contribution in [-0.4, -0.2) is 45.6 Å². The first kappa shape index (κ1) is 28.6. The van der Waals surface area contributed by atoms with Gasteiger partial charge in [-0.25, -0.2) is 9.59 Å². The fraction of sp³-hybridized carbons (Fsp3) is 0.520. The molecule has 0 aliphatic rings. The average molecular weight is 435 g/mol. The lowest BCUT2D eigenvalue weighted by Crippen LogP contribution is -2.49. The molecule has 0 saturated heterocycles. The van der Waals surface area contributed by atoms with Gasteiger partial charge in [-0.1, -0.05) is 42.5 Å². The molecule has 0 bridgehead atoms. The minimum Gasteiger partial charge on any atom is -0.455 e. The van der Waals surface area contributed by atoms with E-state index in [1.165, 1.54) is 19.9 Å². The quantitative estimate of drug-likeness (QED) is 0.217. The molecule has 0 unspecified atom stereocenters. The van der Waals surface area contributed by atoms with Crippen LogP contribution in [0.3, 0.4) is 0 Å². The highest BCUT2D eigenvalue weighted by Gasteiger charge is 2.40. The molecule has 0 aliphatic carbocycles. The van der Waals surface area contributed by atoms with Crippen LogP contribution in [0.1, 0.15) is 61.8 Å². The Bertz CT molecular complexity index is 759. The van der Waals surface area contributed by atoms with Gasteiger partial charge in [-0.2, -0.15) is 0 Å². The van der Waals surface area contributed by atoms with Crippen LogP contribution in [0.25, 0.3) is 0 Å². The zero-order valence-corrected chi connectivity index (χ0v) is 20.1. The molecule has 174 valence electrons. The number of esters is 2. The summed E-state index contributed by atoms with van der Waals surface area (Å²) >= 11 is 0. The lowest BCUT2D eigenvalue weighted by molar-refractivity contribution is -0.182. The fourth-order valence-electron chi connectivity index (χ4n) is 2.42. The van der Waals surface area contributed by atoms with Crippen LogP contribution in [0.15, 0.2) is 59.8 Å². The van der Waals surface area contributed by atoms with Crippen LogP contribution in [0.2, 0.25) is 0 Å². The smallest absolute Gasteiger partial charge is 0.333 e. The Hall–Kier alpha value is -2.44. The van der Waals surface area contributed by atoms with Crippen molar-refractivity contribution in [3.05, 3.63) is 59.8 Å². The third-order valence-corrected chi connectivity index (χ3v) is 4.79. The minimum atomic E-state index is -1.47. The van der Waals surface area contributed by atoms with Crippen molar-refractivity contribution in [2.45, 2.75) is 85.2 Å². The summed E-state index contributed by atoms with van der Waals surface area (Å²) in [6.45, 7) is 16.6. The molecule has 0 amide bonds. The van der Waals surface area contributed by atoms with Gasteiger partial charge in [0.05, 0.1) is 11.2 Å². The normalized spacial score (nSPS) is 17.7. The van der Waals surface area contributed by atoms with Crippen molar-refractivity contribution in [1.29, 1.82) is 0 Å². The second-order valence-corrected chi connectivity index (χ2v) is 8.37. The zero-order chi connectivity index (χ0) is 24.4. The molecular weight excluding hydrogens is 396 g/mol. The van der Waals surface area contributed by atoms with Crippen molar-refractivity contribution < 1.29 is 29.3 Å². The van der Waals surface area contributed by atoms with E-state index in [1.54, 1.807) is 65.0 Å². The molecule has 0 aliphatic heterocycles. The van der Waals surface area contributed by atoms with Gasteiger partial charge in [-0.3, -0.25) is 0 Å². The summed E-state index contributed by atoms with van der Waals surface area (Å²) in [4.78, 5) is 24.9. The van der Waals surface area contributed by atoms with Gasteiger partial charge in [0.1, 0.15) is 6.10 Å². The van der Waals surface area contributed by atoms with Gasteiger partial charge in [0.25, 0.3) is 0 Å². The van der Waals surface area contributed by atoms with Crippen molar-refractivity contribution >= 4 is 11.9 Å². The third kappa shape index (κ3) is 10.4. The Balaban J connectivity index is 6.00. The number of rotatable bonds is 11. The summed E-state index contributed by atoms with van der Waals surface area (Å²) in [5.74, 6) is -1.15. The van der Waals surface area contributed by atoms with Gasteiger partial charge in [0.2, 0.25) is 0 Å². The first-order valence-electron chi connectivity index (χ1n) is 10.3. The number of carbonyl (C=O) groups excluding carboxylic acids is 2. The van der Waals surface area contributed by atoms with E-state index in [0.717, 1.165) is 5.57 Å². The molecule has 0 aromatic rings. The summed E-state index contributed by atoms with van der Waals surface area (Å²) in [5, 5.41) is 20.7. The maximum atomic E-state index is 12.5. The zero-order valence-electron chi connectivity index (χ0n) is 20.1. The topological polar surface area (TPSA) is 93.1 Å². The van der Waals surface area contributed by atoms with Crippen LogP contribution >= 0.6 is 0 Å². The van der Waals surface area contributed by atoms with E-state index in [1.807, 2.05) is 6.92 Å². The predicted molar refractivity (Wildman–Crippen MR) is 123 cm³/mol. The highest BCUT2D eigenvalue weighted by Crippen LogP contribution is 2.25. The Morgan fingerprint density at radius 2 is 1.45 bits per heavy atom. The van der Waals surface area contributed by atoms with E-state index < -0.39 is 35.3 Å². The van der Waals surface area contributed by atoms with Crippen molar-refractivity contribution in [2.75, 3.05) is 0 Å². The monoisotopic (exact) mass is 434 g/mol. The van der Waals surface area contributed by atoms with Gasteiger partial charge in [0, 0.05) is 17.6 Å². The molecule has 0 fully saturated rings. The highest BCUT2D eigenvalue weighted by molar-refractivity contribution is 5.88. The summed E-state index contributed by atoms with van der Waals surface area (Å²) < 4.78 is 11.2. The van der Waals surface area contributed by atoms with E-state index in [2.05, 4.69) is 6.58 Å². The SMILES string of the molecule is C=C[C@](C)(O)/C=C/C=C(\C)C[C@H](OC(=O)/C(C)=C/C)[C@@H](OC(=O)/C(C)=C/C)C(C)(C)O. The molecule has 6 heteroatoms. The molecule has 31 heavy (non-hydrogen) atoms. The van der Waals surface area contributed by atoms with Crippen LogP contribution < -0.4 is 0 Å². The molecule has 6 nitrogen and oxygen atoms in total. The Morgan fingerprint density at radius 1 is 0.968 bits per heavy atom. The maximum absolute atomic E-state index is 12.5. The average Bonchev–Trinajstić information content (AvgIpc) is 2.68. The summed E-state index contributed by atoms with van der Waals surface area (Å²) in [6.07, 6.45) is 7.80. The predicted octanol–water partition coefficient (Wildman–Crippen LogP) is 4.34. The van der Waals surface area contributed by atoms with E-state index >= 15 is 0 Å². The maximum Gasteiger partial charge on any atom is 0.333 e. The molecule has 0 spiro atoms. The lowest BCUT2D eigenvalue weighted by atomic mass is 9.92. The first-order chi connectivity index (χ1) is 14.2. The van der Waals surface area contributed by atoms with Crippen LogP contribution in [-0.2, 0) is 19.1 Å². The van der Waals surface area contributed by atoms with E-state index in [4.69, 9.17) is 9.47 Å². The number of carbonyl (C=O) groups is 2. The molecule has 0 heterocycles. The second kappa shape index (κ2) is 12.4. The van der Waals surface area contributed by atoms with Crippen molar-refractivity contribution in [1.82, 2.24) is 0 Å².